The molecule has 1 aromatic rings. The Morgan fingerprint density at radius 1 is 1.43 bits per heavy atom. The van der Waals surface area contributed by atoms with E-state index in [0.717, 1.165) is 0 Å². The Labute approximate surface area is 135 Å². The lowest BCUT2D eigenvalue weighted by atomic mass is 9.94. The minimum atomic E-state index is -0.728. The molecule has 0 radical (unpaired) electrons. The molecule has 2 amide bonds. The van der Waals surface area contributed by atoms with Crippen LogP contribution >= 0.6 is 0 Å². The predicted octanol–water partition coefficient (Wildman–Crippen LogP) is 3.00. The zero-order valence-electron chi connectivity index (χ0n) is 13.7. The van der Waals surface area contributed by atoms with Crippen molar-refractivity contribution in [3.05, 3.63) is 46.9 Å². The van der Waals surface area contributed by atoms with Crippen LogP contribution in [0.1, 0.15) is 32.4 Å². The minimum absolute atomic E-state index is 0.236. The molecule has 1 aliphatic heterocycles. The van der Waals surface area contributed by atoms with Gasteiger partial charge in [0, 0.05) is 12.2 Å². The van der Waals surface area contributed by atoms with Crippen molar-refractivity contribution in [3.8, 4) is 0 Å². The van der Waals surface area contributed by atoms with Gasteiger partial charge in [-0.15, -0.1) is 0 Å². The van der Waals surface area contributed by atoms with E-state index in [-0.39, 0.29) is 11.9 Å². The number of carbonyl (C=O) groups is 2. The Hall–Kier alpha value is -2.37. The number of halogens is 1. The molecular weight excluding hydrogens is 299 g/mol. The molecule has 1 aromatic carbocycles. The van der Waals surface area contributed by atoms with Gasteiger partial charge in [-0.25, -0.2) is 14.0 Å². The fraction of sp³-hybridized carbons (Fsp3) is 0.412. The van der Waals surface area contributed by atoms with Crippen LogP contribution in [0.25, 0.3) is 0 Å². The molecule has 1 unspecified atom stereocenters. The van der Waals surface area contributed by atoms with E-state index in [0.29, 0.717) is 23.4 Å². The molecule has 0 aromatic heterocycles. The maximum absolute atomic E-state index is 13.5. The van der Waals surface area contributed by atoms with Crippen molar-refractivity contribution in [1.82, 2.24) is 10.2 Å². The third-order valence-corrected chi connectivity index (χ3v) is 3.73. The number of nitrogens with zero attached hydrogens (tertiary/aromatic N) is 1. The van der Waals surface area contributed by atoms with Crippen molar-refractivity contribution in [2.75, 3.05) is 13.7 Å². The van der Waals surface area contributed by atoms with Gasteiger partial charge in [0.25, 0.3) is 0 Å². The Kier molecular flexibility index (Phi) is 5.03. The van der Waals surface area contributed by atoms with Crippen LogP contribution in [0, 0.1) is 11.7 Å². The summed E-state index contributed by atoms with van der Waals surface area (Å²) in [5, 5.41) is 2.77. The number of amides is 2. The molecule has 1 atom stereocenters. The van der Waals surface area contributed by atoms with Gasteiger partial charge in [-0.1, -0.05) is 26.0 Å². The molecule has 0 aliphatic carbocycles. The number of urea groups is 1. The monoisotopic (exact) mass is 320 g/mol. The molecule has 0 fully saturated rings. The largest absolute Gasteiger partial charge is 0.466 e. The number of allylic oxidation sites excluding steroid dienone is 1. The zero-order valence-corrected chi connectivity index (χ0v) is 13.7. The van der Waals surface area contributed by atoms with Crippen LogP contribution < -0.4 is 5.32 Å². The fourth-order valence-corrected chi connectivity index (χ4v) is 2.68. The van der Waals surface area contributed by atoms with Gasteiger partial charge in [0.1, 0.15) is 5.82 Å². The maximum Gasteiger partial charge on any atom is 0.337 e. The van der Waals surface area contributed by atoms with E-state index in [9.17, 15) is 14.0 Å². The van der Waals surface area contributed by atoms with Gasteiger partial charge in [0.15, 0.2) is 0 Å². The van der Waals surface area contributed by atoms with Crippen LogP contribution in [0.3, 0.4) is 0 Å². The van der Waals surface area contributed by atoms with Crippen LogP contribution in [-0.4, -0.2) is 30.6 Å². The fourth-order valence-electron chi connectivity index (χ4n) is 2.68. The van der Waals surface area contributed by atoms with E-state index in [1.165, 1.54) is 24.1 Å². The predicted molar refractivity (Wildman–Crippen MR) is 83.9 cm³/mol. The summed E-state index contributed by atoms with van der Waals surface area (Å²) in [5.41, 5.74) is 1.35. The molecule has 1 N–H and O–H groups in total. The third kappa shape index (κ3) is 3.52. The highest BCUT2D eigenvalue weighted by atomic mass is 19.1. The summed E-state index contributed by atoms with van der Waals surface area (Å²) in [4.78, 5) is 26.2. The van der Waals surface area contributed by atoms with Crippen LogP contribution in [0.2, 0.25) is 0 Å². The van der Waals surface area contributed by atoms with Gasteiger partial charge in [-0.2, -0.15) is 0 Å². The first-order chi connectivity index (χ1) is 10.8. The summed E-state index contributed by atoms with van der Waals surface area (Å²) in [5.74, 6) is -0.728. The Morgan fingerprint density at radius 2 is 2.13 bits per heavy atom. The SMILES string of the molecule is COC(=O)C1=C(C)N(CC(C)C)C(=O)NC1c1cccc(F)c1. The van der Waals surface area contributed by atoms with Crippen molar-refractivity contribution in [2.24, 2.45) is 5.92 Å². The number of benzene rings is 1. The van der Waals surface area contributed by atoms with Crippen molar-refractivity contribution in [2.45, 2.75) is 26.8 Å². The molecule has 124 valence electrons. The number of rotatable bonds is 4. The average molecular weight is 320 g/mol. The van der Waals surface area contributed by atoms with Crippen LogP contribution in [0.5, 0.6) is 0 Å². The molecule has 0 spiro atoms. The smallest absolute Gasteiger partial charge is 0.337 e. The standard InChI is InChI=1S/C17H21FN2O3/c1-10(2)9-20-11(3)14(16(21)23-4)15(19-17(20)22)12-6-5-7-13(18)8-12/h5-8,10,15H,9H2,1-4H3,(H,19,22). The van der Waals surface area contributed by atoms with Crippen LogP contribution in [0.4, 0.5) is 9.18 Å². The first kappa shape index (κ1) is 17.0. The Morgan fingerprint density at radius 3 is 2.70 bits per heavy atom. The summed E-state index contributed by atoms with van der Waals surface area (Å²) >= 11 is 0. The summed E-state index contributed by atoms with van der Waals surface area (Å²) in [6.45, 7) is 6.15. The topological polar surface area (TPSA) is 58.6 Å². The van der Waals surface area contributed by atoms with Gasteiger partial charge in [0.05, 0.1) is 18.7 Å². The van der Waals surface area contributed by atoms with E-state index in [2.05, 4.69) is 5.32 Å². The van der Waals surface area contributed by atoms with Gasteiger partial charge in [0.2, 0.25) is 0 Å². The molecule has 1 heterocycles. The molecule has 1 aliphatic rings. The number of methoxy groups -OCH3 is 1. The van der Waals surface area contributed by atoms with E-state index < -0.39 is 17.8 Å². The number of nitrogens with one attached hydrogen (secondary N) is 1. The molecule has 0 saturated carbocycles. The molecular formula is C17H21FN2O3. The molecule has 0 saturated heterocycles. The van der Waals surface area contributed by atoms with E-state index in [4.69, 9.17) is 4.74 Å². The van der Waals surface area contributed by atoms with Crippen molar-refractivity contribution in [1.29, 1.82) is 0 Å². The van der Waals surface area contributed by atoms with E-state index in [1.54, 1.807) is 19.1 Å². The summed E-state index contributed by atoms with van der Waals surface area (Å²) < 4.78 is 18.4. The summed E-state index contributed by atoms with van der Waals surface area (Å²) in [6.07, 6.45) is 0. The van der Waals surface area contributed by atoms with Crippen molar-refractivity contribution < 1.29 is 18.7 Å². The normalized spacial score (nSPS) is 18.3. The van der Waals surface area contributed by atoms with Gasteiger partial charge >= 0.3 is 12.0 Å². The number of carbonyl (C=O) groups excluding carboxylic acids is 2. The second kappa shape index (κ2) is 6.81. The van der Waals surface area contributed by atoms with Crippen LogP contribution in [-0.2, 0) is 9.53 Å². The lowest BCUT2D eigenvalue weighted by molar-refractivity contribution is -0.136. The quantitative estimate of drug-likeness (QED) is 0.868. The first-order valence-corrected chi connectivity index (χ1v) is 7.47. The van der Waals surface area contributed by atoms with Crippen molar-refractivity contribution >= 4 is 12.0 Å². The highest BCUT2D eigenvalue weighted by molar-refractivity contribution is 5.95. The lowest BCUT2D eigenvalue weighted by Gasteiger charge is -2.36. The summed E-state index contributed by atoms with van der Waals surface area (Å²) in [6, 6.07) is 4.80. The highest BCUT2D eigenvalue weighted by Gasteiger charge is 2.36. The molecule has 2 rings (SSSR count). The zero-order chi connectivity index (χ0) is 17.1. The minimum Gasteiger partial charge on any atom is -0.466 e. The number of hydrogen-bond donors (Lipinski definition) is 1. The number of esters is 1. The molecule has 6 heteroatoms. The summed E-state index contributed by atoms with van der Waals surface area (Å²) in [7, 11) is 1.29. The van der Waals surface area contributed by atoms with Gasteiger partial charge in [-0.05, 0) is 30.5 Å². The lowest BCUT2D eigenvalue weighted by Crippen LogP contribution is -2.49. The Bertz CT molecular complexity index is 655. The first-order valence-electron chi connectivity index (χ1n) is 7.47. The average Bonchev–Trinajstić information content (AvgIpc) is 2.50. The third-order valence-electron chi connectivity index (χ3n) is 3.73. The Balaban J connectivity index is 2.52. The van der Waals surface area contributed by atoms with E-state index in [1.807, 2.05) is 13.8 Å². The number of hydrogen-bond acceptors (Lipinski definition) is 3. The van der Waals surface area contributed by atoms with E-state index >= 15 is 0 Å². The molecule has 5 nitrogen and oxygen atoms in total. The maximum atomic E-state index is 13.5. The van der Waals surface area contributed by atoms with Crippen LogP contribution in [0.15, 0.2) is 35.5 Å². The second-order valence-electron chi connectivity index (χ2n) is 5.93. The molecule has 23 heavy (non-hydrogen) atoms. The second-order valence-corrected chi connectivity index (χ2v) is 5.93. The number of ether oxygens (including phenoxy) is 1. The van der Waals surface area contributed by atoms with Gasteiger partial charge < -0.3 is 10.1 Å². The van der Waals surface area contributed by atoms with Crippen molar-refractivity contribution in [3.63, 3.8) is 0 Å². The molecule has 0 bridgehead atoms. The highest BCUT2D eigenvalue weighted by Crippen LogP contribution is 2.31. The van der Waals surface area contributed by atoms with Gasteiger partial charge in [-0.3, -0.25) is 4.90 Å².